The van der Waals surface area contributed by atoms with Crippen molar-refractivity contribution < 1.29 is 19.3 Å². The van der Waals surface area contributed by atoms with Crippen LogP contribution in [-0.4, -0.2) is 45.5 Å². The Morgan fingerprint density at radius 1 is 1.15 bits per heavy atom. The maximum absolute atomic E-state index is 12.8. The molecule has 0 radical (unpaired) electrons. The van der Waals surface area contributed by atoms with Crippen molar-refractivity contribution in [3.05, 3.63) is 51.5 Å². The molecule has 1 aliphatic heterocycles. The van der Waals surface area contributed by atoms with Gasteiger partial charge in [0.25, 0.3) is 0 Å². The fourth-order valence-electron chi connectivity index (χ4n) is 3.31. The SMILES string of the molecule is Cc1ccc2c(c1)C(=O)c1c(n[n+]([O-])n1/N=N/C(=O)N1CCCCC1)C2=O. The Balaban J connectivity index is 1.71. The number of hydrogen-bond donors (Lipinski definition) is 0. The molecule has 0 bridgehead atoms. The van der Waals surface area contributed by atoms with Crippen LogP contribution >= 0.6 is 0 Å². The number of urea groups is 1. The van der Waals surface area contributed by atoms with Crippen LogP contribution in [0.25, 0.3) is 0 Å². The monoisotopic (exact) mass is 368 g/mol. The molecular weight excluding hydrogens is 352 g/mol. The zero-order valence-corrected chi connectivity index (χ0v) is 14.6. The predicted molar refractivity (Wildman–Crippen MR) is 90.3 cm³/mol. The van der Waals surface area contributed by atoms with Gasteiger partial charge in [-0.3, -0.25) is 9.59 Å². The van der Waals surface area contributed by atoms with Crippen LogP contribution in [0.1, 0.15) is 56.9 Å². The molecule has 0 N–H and O–H groups in total. The van der Waals surface area contributed by atoms with Crippen LogP contribution < -0.4 is 4.96 Å². The number of benzene rings is 1. The van der Waals surface area contributed by atoms with E-state index in [0.717, 1.165) is 24.8 Å². The Labute approximate surface area is 153 Å². The number of likely N-dealkylation sites (tertiary alicyclic amines) is 1. The number of carbonyl (C=O) groups is 3. The lowest BCUT2D eigenvalue weighted by Crippen LogP contribution is -2.39. The lowest BCUT2D eigenvalue weighted by atomic mass is 9.89. The first-order valence-electron chi connectivity index (χ1n) is 8.61. The molecule has 1 aliphatic carbocycles. The molecule has 10 nitrogen and oxygen atoms in total. The fourth-order valence-corrected chi connectivity index (χ4v) is 3.31. The third-order valence-electron chi connectivity index (χ3n) is 4.71. The number of nitrogens with zero attached hydrogens (tertiary/aromatic N) is 6. The standard InChI is InChI=1S/C17H16N6O4/c1-10-5-6-11-12(9-10)16(25)14-13(15(11)24)19-23(27)22(14)20-18-17(26)21-7-3-2-4-8-21/h5-6,9H,2-4,7-8H2,1H3/b20-18+. The van der Waals surface area contributed by atoms with Gasteiger partial charge in [0.15, 0.2) is 10.9 Å². The van der Waals surface area contributed by atoms with Gasteiger partial charge in [-0.25, -0.2) is 4.79 Å². The number of amides is 2. The average molecular weight is 368 g/mol. The third-order valence-corrected chi connectivity index (χ3v) is 4.71. The lowest BCUT2D eigenvalue weighted by Gasteiger charge is -2.23. The van der Waals surface area contributed by atoms with Gasteiger partial charge in [0.2, 0.25) is 17.3 Å². The van der Waals surface area contributed by atoms with Crippen LogP contribution in [0.5, 0.6) is 0 Å². The number of piperidine rings is 1. The number of fused-ring (bicyclic) bond motifs is 2. The van der Waals surface area contributed by atoms with E-state index in [4.69, 9.17) is 0 Å². The van der Waals surface area contributed by atoms with Crippen LogP contribution in [0.4, 0.5) is 4.79 Å². The maximum atomic E-state index is 12.8. The summed E-state index contributed by atoms with van der Waals surface area (Å²) in [5, 5.41) is 22.8. The van der Waals surface area contributed by atoms with Gasteiger partial charge >= 0.3 is 6.03 Å². The summed E-state index contributed by atoms with van der Waals surface area (Å²) >= 11 is 0. The van der Waals surface area contributed by atoms with Crippen molar-refractivity contribution in [2.75, 3.05) is 13.1 Å². The molecule has 2 aliphatic rings. The zero-order chi connectivity index (χ0) is 19.1. The first-order valence-corrected chi connectivity index (χ1v) is 8.61. The maximum Gasteiger partial charge on any atom is 0.386 e. The smallest absolute Gasteiger partial charge is 0.386 e. The van der Waals surface area contributed by atoms with E-state index in [1.54, 1.807) is 19.1 Å². The highest BCUT2D eigenvalue weighted by Gasteiger charge is 2.39. The van der Waals surface area contributed by atoms with Gasteiger partial charge in [0.05, 0.1) is 5.11 Å². The molecule has 27 heavy (non-hydrogen) atoms. The summed E-state index contributed by atoms with van der Waals surface area (Å²) in [7, 11) is 0. The highest BCUT2D eigenvalue weighted by Crippen LogP contribution is 2.26. The van der Waals surface area contributed by atoms with Crippen molar-refractivity contribution in [1.29, 1.82) is 0 Å². The number of aromatic nitrogens is 3. The molecule has 0 saturated carbocycles. The van der Waals surface area contributed by atoms with Crippen LogP contribution in [0.2, 0.25) is 0 Å². The second-order valence-corrected chi connectivity index (χ2v) is 6.57. The van der Waals surface area contributed by atoms with Crippen molar-refractivity contribution in [1.82, 2.24) is 14.8 Å². The second-order valence-electron chi connectivity index (χ2n) is 6.57. The van der Waals surface area contributed by atoms with Crippen molar-refractivity contribution in [2.24, 2.45) is 10.3 Å². The van der Waals surface area contributed by atoms with Gasteiger partial charge in [0.1, 0.15) is 0 Å². The van der Waals surface area contributed by atoms with Gasteiger partial charge < -0.3 is 10.1 Å². The Kier molecular flexibility index (Phi) is 4.02. The molecule has 4 rings (SSSR count). The molecule has 1 saturated heterocycles. The van der Waals surface area contributed by atoms with Gasteiger partial charge in [-0.1, -0.05) is 16.7 Å². The summed E-state index contributed by atoms with van der Waals surface area (Å²) in [6.45, 7) is 2.93. The topological polar surface area (TPSA) is 124 Å². The Bertz CT molecular complexity index is 1000. The summed E-state index contributed by atoms with van der Waals surface area (Å²) in [5.74, 6) is -1.10. The molecule has 0 atom stereocenters. The molecule has 1 fully saturated rings. The van der Waals surface area contributed by atoms with Crippen LogP contribution in [0.15, 0.2) is 28.5 Å². The van der Waals surface area contributed by atoms with Crippen molar-refractivity contribution in [3.8, 4) is 0 Å². The molecule has 0 spiro atoms. The van der Waals surface area contributed by atoms with Gasteiger partial charge in [-0.05, 0) is 43.3 Å². The quantitative estimate of drug-likeness (QED) is 0.365. The average Bonchev–Trinajstić information content (AvgIpc) is 3.01. The van der Waals surface area contributed by atoms with Crippen molar-refractivity contribution in [2.45, 2.75) is 26.2 Å². The molecule has 10 heteroatoms. The minimum absolute atomic E-state index is 0.00775. The number of carbonyl (C=O) groups excluding carboxylic acids is 3. The van der Waals surface area contributed by atoms with Crippen molar-refractivity contribution >= 4 is 17.6 Å². The molecule has 1 aromatic heterocycles. The van der Waals surface area contributed by atoms with E-state index in [-0.39, 0.29) is 27.5 Å². The summed E-state index contributed by atoms with van der Waals surface area (Å²) in [6, 6.07) is 4.21. The van der Waals surface area contributed by atoms with E-state index in [1.165, 1.54) is 11.0 Å². The molecule has 2 aromatic rings. The molecule has 2 amide bonds. The van der Waals surface area contributed by atoms with E-state index in [0.29, 0.717) is 17.9 Å². The Morgan fingerprint density at radius 2 is 1.89 bits per heavy atom. The molecule has 0 unspecified atom stereocenters. The molecular formula is C17H16N6O4. The lowest BCUT2D eigenvalue weighted by molar-refractivity contribution is -0.748. The summed E-state index contributed by atoms with van der Waals surface area (Å²) < 4.78 is 0. The number of rotatable bonds is 1. The normalized spacial score (nSPS) is 16.6. The largest absolute Gasteiger partial charge is 0.672 e. The molecule has 1 aromatic carbocycles. The molecule has 138 valence electrons. The van der Waals surface area contributed by atoms with E-state index >= 15 is 0 Å². The van der Waals surface area contributed by atoms with E-state index in [9.17, 15) is 19.6 Å². The predicted octanol–water partition coefficient (Wildman–Crippen LogP) is 1.42. The number of aryl methyl sites for hydroxylation is 1. The van der Waals surface area contributed by atoms with E-state index in [2.05, 4.69) is 15.4 Å². The van der Waals surface area contributed by atoms with Gasteiger partial charge in [0, 0.05) is 29.0 Å². The summed E-state index contributed by atoms with van der Waals surface area (Å²) in [5.41, 5.74) is 0.567. The summed E-state index contributed by atoms with van der Waals surface area (Å²) in [4.78, 5) is 39.6. The van der Waals surface area contributed by atoms with Crippen LogP contribution in [0.3, 0.4) is 0 Å². The first-order chi connectivity index (χ1) is 13.0. The first kappa shape index (κ1) is 17.0. The van der Waals surface area contributed by atoms with E-state index < -0.39 is 17.6 Å². The highest BCUT2D eigenvalue weighted by molar-refractivity contribution is 6.26. The number of ketones is 2. The Morgan fingerprint density at radius 3 is 2.63 bits per heavy atom. The highest BCUT2D eigenvalue weighted by atomic mass is 16.5. The van der Waals surface area contributed by atoms with Crippen molar-refractivity contribution in [3.63, 3.8) is 0 Å². The van der Waals surface area contributed by atoms with Crippen LogP contribution in [-0.2, 0) is 0 Å². The Hall–Kier alpha value is -3.43. The summed E-state index contributed by atoms with van der Waals surface area (Å²) in [6.07, 6.45) is 2.81. The minimum atomic E-state index is -0.594. The molecule has 2 heterocycles. The van der Waals surface area contributed by atoms with E-state index in [1.807, 2.05) is 0 Å². The van der Waals surface area contributed by atoms with Gasteiger partial charge in [-0.2, -0.15) is 0 Å². The number of hydrogen-bond acceptors (Lipinski definition) is 6. The zero-order valence-electron chi connectivity index (χ0n) is 14.6. The third kappa shape index (κ3) is 2.78. The van der Waals surface area contributed by atoms with Crippen LogP contribution in [0, 0.1) is 12.1 Å². The minimum Gasteiger partial charge on any atom is -0.672 e. The second kappa shape index (κ2) is 6.38. The fraction of sp³-hybridized carbons (Fsp3) is 0.353. The van der Waals surface area contributed by atoms with Gasteiger partial charge in [-0.15, -0.1) is 0 Å².